The van der Waals surface area contributed by atoms with Gasteiger partial charge < -0.3 is 15.8 Å². The summed E-state index contributed by atoms with van der Waals surface area (Å²) in [5.41, 5.74) is 3.51. The molecule has 1 aliphatic rings. The summed E-state index contributed by atoms with van der Waals surface area (Å²) in [6.07, 6.45) is -4.40. The second-order valence-corrected chi connectivity index (χ2v) is 4.28. The minimum Gasteiger partial charge on any atom is -0.494 e. The fraction of sp³-hybridized carbons (Fsp3) is 0.455. The Morgan fingerprint density at radius 1 is 1.33 bits per heavy atom. The first-order chi connectivity index (χ1) is 8.29. The van der Waals surface area contributed by atoms with Crippen LogP contribution in [0.1, 0.15) is 12.8 Å². The lowest BCUT2D eigenvalue weighted by atomic mass is 10.2. The molecule has 18 heavy (non-hydrogen) atoms. The molecule has 1 aromatic carbocycles. The van der Waals surface area contributed by atoms with Gasteiger partial charge in [-0.15, -0.1) is 0 Å². The van der Waals surface area contributed by atoms with Gasteiger partial charge >= 0.3 is 6.18 Å². The minimum atomic E-state index is -4.36. The molecule has 1 fully saturated rings. The van der Waals surface area contributed by atoms with Gasteiger partial charge in [0.25, 0.3) is 0 Å². The van der Waals surface area contributed by atoms with Crippen LogP contribution < -0.4 is 15.8 Å². The van der Waals surface area contributed by atoms with E-state index in [2.05, 4.69) is 5.32 Å². The number of nitrogens with one attached hydrogen (secondary N) is 1. The van der Waals surface area contributed by atoms with Crippen LogP contribution in [0.2, 0.25) is 0 Å². The van der Waals surface area contributed by atoms with E-state index in [-0.39, 0.29) is 30.0 Å². The van der Waals surface area contributed by atoms with Gasteiger partial charge in [0.2, 0.25) is 0 Å². The highest BCUT2D eigenvalue weighted by atomic mass is 19.4. The van der Waals surface area contributed by atoms with Crippen LogP contribution in [0, 0.1) is 5.82 Å². The molecule has 7 heteroatoms. The van der Waals surface area contributed by atoms with Crippen molar-refractivity contribution in [2.24, 2.45) is 0 Å². The topological polar surface area (TPSA) is 47.3 Å². The number of nitrogens with two attached hydrogens (primary N) is 1. The molecular formula is C11H12F4N2O. The zero-order valence-electron chi connectivity index (χ0n) is 9.57. The van der Waals surface area contributed by atoms with Gasteiger partial charge in [-0.25, -0.2) is 4.39 Å². The van der Waals surface area contributed by atoms with Gasteiger partial charge in [0, 0.05) is 12.1 Å². The molecule has 0 bridgehead atoms. The molecule has 0 spiro atoms. The zero-order chi connectivity index (χ0) is 13.6. The summed E-state index contributed by atoms with van der Waals surface area (Å²) in [5.74, 6) is -0.859. The van der Waals surface area contributed by atoms with Crippen LogP contribution >= 0.6 is 0 Å². The normalized spacial score (nSPS) is 17.4. The molecule has 0 heterocycles. The number of hydrogen-bond acceptors (Lipinski definition) is 3. The lowest BCUT2D eigenvalue weighted by molar-refractivity contribution is -0.151. The third kappa shape index (κ3) is 2.04. The predicted molar refractivity (Wildman–Crippen MR) is 59.0 cm³/mol. The number of anilines is 2. The van der Waals surface area contributed by atoms with Crippen LogP contribution in [0.3, 0.4) is 0 Å². The number of benzene rings is 1. The lowest BCUT2D eigenvalue weighted by Crippen LogP contribution is -2.38. The first-order valence-electron chi connectivity index (χ1n) is 5.27. The number of halogens is 4. The van der Waals surface area contributed by atoms with Crippen molar-refractivity contribution in [3.05, 3.63) is 17.9 Å². The van der Waals surface area contributed by atoms with Gasteiger partial charge in [0.05, 0.1) is 18.5 Å². The molecule has 0 aromatic heterocycles. The number of alkyl halides is 3. The maximum Gasteiger partial charge on any atom is 0.411 e. The van der Waals surface area contributed by atoms with Gasteiger partial charge in [-0.2, -0.15) is 13.2 Å². The van der Waals surface area contributed by atoms with E-state index in [1.165, 1.54) is 7.11 Å². The van der Waals surface area contributed by atoms with Crippen LogP contribution in [0.25, 0.3) is 0 Å². The lowest BCUT2D eigenvalue weighted by Gasteiger charge is -2.23. The van der Waals surface area contributed by atoms with Crippen molar-refractivity contribution in [1.29, 1.82) is 0 Å². The average molecular weight is 264 g/mol. The number of hydrogen-bond donors (Lipinski definition) is 2. The Kier molecular flexibility index (Phi) is 2.79. The van der Waals surface area contributed by atoms with Crippen LogP contribution in [0.4, 0.5) is 28.9 Å². The smallest absolute Gasteiger partial charge is 0.411 e. The average Bonchev–Trinajstić information content (AvgIpc) is 3.02. The summed E-state index contributed by atoms with van der Waals surface area (Å²) in [6, 6.07) is 2.07. The van der Waals surface area contributed by atoms with Gasteiger partial charge in [-0.3, -0.25) is 0 Å². The molecule has 0 saturated heterocycles. The summed E-state index contributed by atoms with van der Waals surface area (Å²) in [5, 5.41) is 2.34. The van der Waals surface area contributed by atoms with Crippen molar-refractivity contribution in [1.82, 2.24) is 0 Å². The molecule has 1 saturated carbocycles. The Hall–Kier alpha value is -1.66. The molecular weight excluding hydrogens is 252 g/mol. The maximum atomic E-state index is 13.3. The maximum absolute atomic E-state index is 13.3. The van der Waals surface area contributed by atoms with Crippen molar-refractivity contribution < 1.29 is 22.3 Å². The van der Waals surface area contributed by atoms with E-state index in [1.54, 1.807) is 0 Å². The molecule has 0 amide bonds. The molecule has 3 nitrogen and oxygen atoms in total. The van der Waals surface area contributed by atoms with Crippen molar-refractivity contribution in [3.63, 3.8) is 0 Å². The Morgan fingerprint density at radius 2 is 1.94 bits per heavy atom. The van der Waals surface area contributed by atoms with Crippen molar-refractivity contribution >= 4 is 11.4 Å². The summed E-state index contributed by atoms with van der Waals surface area (Å²) in [6.45, 7) is 0. The fourth-order valence-electron chi connectivity index (χ4n) is 1.70. The van der Waals surface area contributed by atoms with Crippen LogP contribution in [0.5, 0.6) is 5.75 Å². The van der Waals surface area contributed by atoms with Gasteiger partial charge in [-0.1, -0.05) is 0 Å². The molecule has 0 atom stereocenters. The van der Waals surface area contributed by atoms with E-state index in [0.29, 0.717) is 0 Å². The highest BCUT2D eigenvalue weighted by molar-refractivity contribution is 5.70. The third-order valence-electron chi connectivity index (χ3n) is 2.99. The number of nitrogen functional groups attached to an aromatic ring is 1. The molecule has 100 valence electrons. The summed E-state index contributed by atoms with van der Waals surface area (Å²) in [4.78, 5) is 0. The van der Waals surface area contributed by atoms with E-state index in [4.69, 9.17) is 10.5 Å². The Bertz CT molecular complexity index is 469. The van der Waals surface area contributed by atoms with E-state index in [1.807, 2.05) is 0 Å². The highest BCUT2D eigenvalue weighted by Gasteiger charge is 2.63. The van der Waals surface area contributed by atoms with E-state index >= 15 is 0 Å². The van der Waals surface area contributed by atoms with E-state index in [9.17, 15) is 17.6 Å². The largest absolute Gasteiger partial charge is 0.494 e. The monoisotopic (exact) mass is 264 g/mol. The van der Waals surface area contributed by atoms with Gasteiger partial charge in [-0.05, 0) is 12.8 Å². The Balaban J connectivity index is 2.30. The number of methoxy groups -OCH3 is 1. The third-order valence-corrected chi connectivity index (χ3v) is 2.99. The van der Waals surface area contributed by atoms with E-state index < -0.39 is 17.5 Å². The highest BCUT2D eigenvalue weighted by Crippen LogP contribution is 2.52. The minimum absolute atomic E-state index is 0.0182. The molecule has 0 radical (unpaired) electrons. The number of ether oxygens (including phenoxy) is 1. The first-order valence-corrected chi connectivity index (χ1v) is 5.27. The van der Waals surface area contributed by atoms with Crippen LogP contribution in [-0.2, 0) is 0 Å². The summed E-state index contributed by atoms with van der Waals surface area (Å²) in [7, 11) is 1.23. The first kappa shape index (κ1) is 12.8. The molecule has 0 aliphatic heterocycles. The van der Waals surface area contributed by atoms with Crippen LogP contribution in [-0.4, -0.2) is 18.8 Å². The van der Waals surface area contributed by atoms with Crippen LogP contribution in [0.15, 0.2) is 12.1 Å². The second kappa shape index (κ2) is 3.93. The van der Waals surface area contributed by atoms with Crippen molar-refractivity contribution in [3.8, 4) is 5.75 Å². The van der Waals surface area contributed by atoms with Gasteiger partial charge in [0.15, 0.2) is 11.6 Å². The summed E-state index contributed by atoms with van der Waals surface area (Å²) < 4.78 is 56.3. The predicted octanol–water partition coefficient (Wildman–Crippen LogP) is 2.92. The Morgan fingerprint density at radius 3 is 2.39 bits per heavy atom. The SMILES string of the molecule is COc1cc(NC2(C(F)(F)F)CC2)c(N)cc1F. The molecule has 1 aliphatic carbocycles. The molecule has 0 unspecified atom stereocenters. The zero-order valence-corrected chi connectivity index (χ0v) is 9.57. The van der Waals surface area contributed by atoms with Gasteiger partial charge in [0.1, 0.15) is 5.54 Å². The standard InChI is InChI=1S/C11H12F4N2O/c1-18-9-5-8(7(16)4-6(9)12)17-10(2-3-10)11(13,14)15/h4-5,17H,2-3,16H2,1H3. The summed E-state index contributed by atoms with van der Waals surface area (Å²) >= 11 is 0. The molecule has 1 aromatic rings. The quantitative estimate of drug-likeness (QED) is 0.651. The Labute approximate surface area is 101 Å². The number of rotatable bonds is 3. The molecule has 2 rings (SSSR count). The fourth-order valence-corrected chi connectivity index (χ4v) is 1.70. The van der Waals surface area contributed by atoms with E-state index in [0.717, 1.165) is 12.1 Å². The molecule has 3 N–H and O–H groups in total. The van der Waals surface area contributed by atoms with Crippen molar-refractivity contribution in [2.45, 2.75) is 24.6 Å². The van der Waals surface area contributed by atoms with Crippen molar-refractivity contribution in [2.75, 3.05) is 18.2 Å². The second-order valence-electron chi connectivity index (χ2n) is 4.28.